The highest BCUT2D eigenvalue weighted by Gasteiger charge is 2.42. The van der Waals surface area contributed by atoms with Gasteiger partial charge in [0, 0.05) is 4.88 Å². The van der Waals surface area contributed by atoms with Crippen LogP contribution in [0.15, 0.2) is 0 Å². The maximum absolute atomic E-state index is 12.6. The number of hydrogen-bond donors (Lipinski definition) is 1. The van der Waals surface area contributed by atoms with Gasteiger partial charge in [0.05, 0.1) is 18.8 Å². The fourth-order valence-corrected chi connectivity index (χ4v) is 5.00. The highest BCUT2D eigenvalue weighted by Crippen LogP contribution is 2.50. The van der Waals surface area contributed by atoms with Crippen LogP contribution >= 0.6 is 11.3 Å². The van der Waals surface area contributed by atoms with Gasteiger partial charge >= 0.3 is 12.6 Å². The van der Waals surface area contributed by atoms with E-state index in [9.17, 15) is 13.6 Å². The van der Waals surface area contributed by atoms with E-state index in [-0.39, 0.29) is 18.0 Å². The first-order chi connectivity index (χ1) is 11.4. The van der Waals surface area contributed by atoms with Crippen LogP contribution in [0.25, 0.3) is 0 Å². The molecule has 1 aromatic rings. The summed E-state index contributed by atoms with van der Waals surface area (Å²) in [6.07, 6.45) is 5.31. The molecule has 24 heavy (non-hydrogen) atoms. The maximum atomic E-state index is 12.6. The topological polar surface area (TPSA) is 61.5 Å². The van der Waals surface area contributed by atoms with E-state index >= 15 is 0 Å². The van der Waals surface area contributed by atoms with E-state index in [1.54, 1.807) is 6.92 Å². The Labute approximate surface area is 144 Å². The Morgan fingerprint density at radius 1 is 1.46 bits per heavy atom. The molecule has 134 valence electrons. The molecule has 7 heteroatoms. The van der Waals surface area contributed by atoms with Crippen LogP contribution in [0.3, 0.4) is 0 Å². The number of carbonyl (C=O) groups is 1. The number of nitrogens with two attached hydrogens (primary N) is 1. The lowest BCUT2D eigenvalue weighted by atomic mass is 9.71. The predicted octanol–water partition coefficient (Wildman–Crippen LogP) is 4.02. The minimum Gasteiger partial charge on any atom is -0.462 e. The molecule has 2 aliphatic rings. The van der Waals surface area contributed by atoms with E-state index in [0.29, 0.717) is 35.9 Å². The molecule has 0 radical (unpaired) electrons. The smallest absolute Gasteiger partial charge is 0.345 e. The molecule has 1 saturated carbocycles. The molecular formula is C17H23F2NO3S. The highest BCUT2D eigenvalue weighted by molar-refractivity contribution is 7.16. The third-order valence-electron chi connectivity index (χ3n) is 4.97. The van der Waals surface area contributed by atoms with Crippen LogP contribution < -0.4 is 5.73 Å². The molecule has 3 rings (SSSR count). The van der Waals surface area contributed by atoms with Crippen molar-refractivity contribution in [2.24, 2.45) is 11.3 Å². The Hall–Kier alpha value is -1.21. The SMILES string of the molecule is CCOC(=O)c1c(N)sc2c1CCC(COC(F)F)(CC1CC1)C2. The summed E-state index contributed by atoms with van der Waals surface area (Å²) in [5, 5.41) is 0.468. The first-order valence-corrected chi connectivity index (χ1v) is 9.22. The van der Waals surface area contributed by atoms with Gasteiger partial charge in [-0.2, -0.15) is 8.78 Å². The molecule has 1 heterocycles. The van der Waals surface area contributed by atoms with Gasteiger partial charge in [0.15, 0.2) is 0 Å². The van der Waals surface area contributed by atoms with Crippen molar-refractivity contribution in [1.29, 1.82) is 0 Å². The van der Waals surface area contributed by atoms with Gasteiger partial charge < -0.3 is 15.2 Å². The quantitative estimate of drug-likeness (QED) is 0.747. The molecule has 1 fully saturated rings. The molecule has 1 atom stereocenters. The van der Waals surface area contributed by atoms with Crippen molar-refractivity contribution in [1.82, 2.24) is 0 Å². The first-order valence-electron chi connectivity index (χ1n) is 8.41. The first kappa shape index (κ1) is 17.6. The molecule has 0 bridgehead atoms. The van der Waals surface area contributed by atoms with Gasteiger partial charge in [-0.3, -0.25) is 0 Å². The molecular weight excluding hydrogens is 336 g/mol. The average Bonchev–Trinajstić information content (AvgIpc) is 3.25. The fraction of sp³-hybridized carbons (Fsp3) is 0.706. The lowest BCUT2D eigenvalue weighted by molar-refractivity contribution is -0.155. The number of nitrogen functional groups attached to an aromatic ring is 1. The maximum Gasteiger partial charge on any atom is 0.345 e. The highest BCUT2D eigenvalue weighted by atomic mass is 32.1. The van der Waals surface area contributed by atoms with Gasteiger partial charge in [-0.1, -0.05) is 12.8 Å². The van der Waals surface area contributed by atoms with Crippen LogP contribution in [-0.2, 0) is 22.3 Å². The molecule has 0 aromatic carbocycles. The third-order valence-corrected chi connectivity index (χ3v) is 6.03. The fourth-order valence-electron chi connectivity index (χ4n) is 3.72. The largest absolute Gasteiger partial charge is 0.462 e. The van der Waals surface area contributed by atoms with E-state index < -0.39 is 6.61 Å². The molecule has 0 aliphatic heterocycles. The summed E-state index contributed by atoms with van der Waals surface area (Å²) >= 11 is 1.39. The van der Waals surface area contributed by atoms with Crippen LogP contribution in [0, 0.1) is 11.3 Å². The number of halogens is 2. The predicted molar refractivity (Wildman–Crippen MR) is 88.4 cm³/mol. The molecule has 4 nitrogen and oxygen atoms in total. The molecule has 2 N–H and O–H groups in total. The number of fused-ring (bicyclic) bond motifs is 1. The summed E-state index contributed by atoms with van der Waals surface area (Å²) < 4.78 is 34.9. The summed E-state index contributed by atoms with van der Waals surface area (Å²) in [7, 11) is 0. The van der Waals surface area contributed by atoms with Crippen LogP contribution in [0.5, 0.6) is 0 Å². The van der Waals surface area contributed by atoms with Crippen LogP contribution in [-0.4, -0.2) is 25.8 Å². The van der Waals surface area contributed by atoms with E-state index in [1.807, 2.05) is 0 Å². The number of rotatable bonds is 7. The van der Waals surface area contributed by atoms with E-state index in [4.69, 9.17) is 15.2 Å². The second-order valence-electron chi connectivity index (χ2n) is 6.86. The Morgan fingerprint density at radius 2 is 2.21 bits per heavy atom. The van der Waals surface area contributed by atoms with Crippen molar-refractivity contribution in [3.63, 3.8) is 0 Å². The molecule has 1 aromatic heterocycles. The van der Waals surface area contributed by atoms with Crippen molar-refractivity contribution in [3.05, 3.63) is 16.0 Å². The molecule has 0 spiro atoms. The van der Waals surface area contributed by atoms with Crippen molar-refractivity contribution >= 4 is 22.3 Å². The van der Waals surface area contributed by atoms with Crippen molar-refractivity contribution in [3.8, 4) is 0 Å². The van der Waals surface area contributed by atoms with Gasteiger partial charge in [-0.15, -0.1) is 11.3 Å². The van der Waals surface area contributed by atoms with Crippen molar-refractivity contribution in [2.45, 2.75) is 52.1 Å². The number of carbonyl (C=O) groups excluding carboxylic acids is 1. The molecule has 2 aliphatic carbocycles. The minimum atomic E-state index is -2.74. The molecule has 0 saturated heterocycles. The average molecular weight is 359 g/mol. The monoisotopic (exact) mass is 359 g/mol. The summed E-state index contributed by atoms with van der Waals surface area (Å²) in [5.41, 5.74) is 7.20. The van der Waals surface area contributed by atoms with Crippen LogP contribution in [0.4, 0.5) is 13.8 Å². The number of anilines is 1. The second kappa shape index (κ2) is 6.96. The third kappa shape index (κ3) is 3.72. The Balaban J connectivity index is 1.83. The lowest BCUT2D eigenvalue weighted by Gasteiger charge is -2.37. The summed E-state index contributed by atoms with van der Waals surface area (Å²) in [6.45, 7) is -0.620. The number of esters is 1. The zero-order valence-corrected chi connectivity index (χ0v) is 14.6. The van der Waals surface area contributed by atoms with E-state index in [0.717, 1.165) is 23.3 Å². The molecule has 0 amide bonds. The van der Waals surface area contributed by atoms with Crippen LogP contribution in [0.1, 0.15) is 53.4 Å². The zero-order valence-electron chi connectivity index (χ0n) is 13.8. The van der Waals surface area contributed by atoms with Gasteiger partial charge in [-0.05, 0) is 49.5 Å². The normalized spacial score (nSPS) is 23.3. The number of alkyl halides is 2. The summed E-state index contributed by atoms with van der Waals surface area (Å²) in [5.74, 6) is 0.237. The number of ether oxygens (including phenoxy) is 2. The van der Waals surface area contributed by atoms with Gasteiger partial charge in [0.1, 0.15) is 5.00 Å². The number of thiophene rings is 1. The minimum absolute atomic E-state index is 0.0626. The van der Waals surface area contributed by atoms with Crippen molar-refractivity contribution < 1.29 is 23.0 Å². The van der Waals surface area contributed by atoms with E-state index in [2.05, 4.69) is 0 Å². The van der Waals surface area contributed by atoms with E-state index in [1.165, 1.54) is 24.2 Å². The standard InChI is InChI=1S/C17H23F2NO3S/c1-2-22-15(21)13-11-5-6-17(7-10-3-4-10,9-23-16(18)19)8-12(11)24-14(13)20/h10,16H,2-9,20H2,1H3. The number of hydrogen-bond acceptors (Lipinski definition) is 5. The summed E-state index contributed by atoms with van der Waals surface area (Å²) in [4.78, 5) is 13.2. The molecule has 1 unspecified atom stereocenters. The van der Waals surface area contributed by atoms with Crippen molar-refractivity contribution in [2.75, 3.05) is 18.9 Å². The summed E-state index contributed by atoms with van der Waals surface area (Å²) in [6, 6.07) is 0. The lowest BCUT2D eigenvalue weighted by Crippen LogP contribution is -2.35. The Bertz CT molecular complexity index is 615. The van der Waals surface area contributed by atoms with Gasteiger partial charge in [-0.25, -0.2) is 4.79 Å². The van der Waals surface area contributed by atoms with Gasteiger partial charge in [0.2, 0.25) is 0 Å². The van der Waals surface area contributed by atoms with Crippen LogP contribution in [0.2, 0.25) is 0 Å². The zero-order chi connectivity index (χ0) is 17.3. The Kier molecular flexibility index (Phi) is 5.11. The second-order valence-corrected chi connectivity index (χ2v) is 8.00. The Morgan fingerprint density at radius 3 is 2.83 bits per heavy atom. The van der Waals surface area contributed by atoms with Gasteiger partial charge in [0.25, 0.3) is 0 Å².